The molecule has 0 radical (unpaired) electrons. The minimum atomic E-state index is -4.34. The van der Waals surface area contributed by atoms with Crippen LogP contribution in [0.2, 0.25) is 0 Å². The Labute approximate surface area is 255 Å². The molecule has 10 heteroatoms. The van der Waals surface area contributed by atoms with Gasteiger partial charge in [0.15, 0.2) is 5.79 Å². The lowest BCUT2D eigenvalue weighted by molar-refractivity contribution is -0.178. The fourth-order valence-electron chi connectivity index (χ4n) is 6.39. The summed E-state index contributed by atoms with van der Waals surface area (Å²) in [4.78, 5) is 17.1. The van der Waals surface area contributed by atoms with Crippen molar-refractivity contribution in [3.8, 4) is 11.5 Å². The number of ether oxygens (including phenoxy) is 3. The van der Waals surface area contributed by atoms with Crippen molar-refractivity contribution in [1.29, 1.82) is 0 Å². The van der Waals surface area contributed by atoms with E-state index in [1.165, 1.54) is 17.7 Å². The molecule has 0 aromatic heterocycles. The first kappa shape index (κ1) is 30.6. The highest BCUT2D eigenvalue weighted by Gasteiger charge is 2.40. The largest absolute Gasteiger partial charge is 0.457 e. The number of piperazine rings is 1. The van der Waals surface area contributed by atoms with Gasteiger partial charge in [-0.2, -0.15) is 13.2 Å². The molecule has 44 heavy (non-hydrogen) atoms. The van der Waals surface area contributed by atoms with Crippen LogP contribution in [0.5, 0.6) is 11.5 Å². The van der Waals surface area contributed by atoms with Crippen LogP contribution in [0.1, 0.15) is 64.2 Å². The van der Waals surface area contributed by atoms with Crippen molar-refractivity contribution in [3.05, 3.63) is 94.5 Å². The molecule has 1 spiro atoms. The molecule has 7 nitrogen and oxygen atoms in total. The van der Waals surface area contributed by atoms with Gasteiger partial charge in [0.05, 0.1) is 25.4 Å². The van der Waals surface area contributed by atoms with Crippen LogP contribution in [0.4, 0.5) is 13.2 Å². The Balaban J connectivity index is 1.01. The van der Waals surface area contributed by atoms with Crippen molar-refractivity contribution < 1.29 is 37.3 Å². The first-order valence-electron chi connectivity index (χ1n) is 15.2. The SMILES string of the molecule is O=C(c1ccc(Oc2ccc(C3CCC4(CC3)OCCO4)cc2CO)cc1)N1CCN(Cc2ccc(C(F)(F)F)cc2)CC1. The van der Waals surface area contributed by atoms with E-state index in [0.29, 0.717) is 74.5 Å². The Morgan fingerprint density at radius 3 is 2.18 bits per heavy atom. The highest BCUT2D eigenvalue weighted by atomic mass is 19.4. The Bertz CT molecular complexity index is 1420. The molecule has 1 saturated carbocycles. The van der Waals surface area contributed by atoms with Gasteiger partial charge in [-0.3, -0.25) is 9.69 Å². The molecule has 0 atom stereocenters. The van der Waals surface area contributed by atoms with E-state index in [-0.39, 0.29) is 12.5 Å². The number of benzene rings is 3. The fourth-order valence-corrected chi connectivity index (χ4v) is 6.39. The molecule has 2 aliphatic heterocycles. The zero-order chi connectivity index (χ0) is 30.7. The van der Waals surface area contributed by atoms with Gasteiger partial charge in [-0.1, -0.05) is 18.2 Å². The maximum Gasteiger partial charge on any atom is 0.416 e. The zero-order valence-corrected chi connectivity index (χ0v) is 24.5. The van der Waals surface area contributed by atoms with Crippen molar-refractivity contribution in [3.63, 3.8) is 0 Å². The highest BCUT2D eigenvalue weighted by molar-refractivity contribution is 5.94. The third-order valence-corrected chi connectivity index (χ3v) is 8.96. The number of amides is 1. The lowest BCUT2D eigenvalue weighted by Crippen LogP contribution is -2.48. The molecular weight excluding hydrogens is 573 g/mol. The standard InChI is InChI=1S/C34H37F3N2O5/c35-34(36,37)29-6-1-24(2-7-29)22-38-15-17-39(18-16-38)32(41)26-3-8-30(9-4-26)44-31-10-5-27(21-28(31)23-40)25-11-13-33(14-12-25)42-19-20-43-33/h1-10,21,25,40H,11-20,22-23H2. The molecule has 3 aromatic rings. The number of nitrogens with zero attached hydrogens (tertiary/aromatic N) is 2. The molecule has 6 rings (SSSR count). The lowest BCUT2D eigenvalue weighted by atomic mass is 9.80. The second-order valence-electron chi connectivity index (χ2n) is 11.8. The van der Waals surface area contributed by atoms with E-state index >= 15 is 0 Å². The number of aliphatic hydroxyl groups excluding tert-OH is 1. The predicted octanol–water partition coefficient (Wildman–Crippen LogP) is 6.35. The average molecular weight is 611 g/mol. The second-order valence-corrected chi connectivity index (χ2v) is 11.8. The molecule has 1 amide bonds. The molecule has 3 aliphatic rings. The van der Waals surface area contributed by atoms with Gasteiger partial charge in [0, 0.05) is 56.7 Å². The van der Waals surface area contributed by atoms with E-state index in [1.807, 2.05) is 12.1 Å². The summed E-state index contributed by atoms with van der Waals surface area (Å²) in [6.07, 6.45) is -0.672. The van der Waals surface area contributed by atoms with Gasteiger partial charge in [-0.15, -0.1) is 0 Å². The van der Waals surface area contributed by atoms with Gasteiger partial charge in [0.25, 0.3) is 5.91 Å². The molecule has 2 heterocycles. The first-order chi connectivity index (χ1) is 21.2. The third-order valence-electron chi connectivity index (χ3n) is 8.96. The second kappa shape index (κ2) is 12.9. The normalized spacial score (nSPS) is 19.4. The van der Waals surface area contributed by atoms with E-state index in [1.54, 1.807) is 29.2 Å². The Morgan fingerprint density at radius 1 is 0.909 bits per heavy atom. The van der Waals surface area contributed by atoms with Gasteiger partial charge >= 0.3 is 6.18 Å². The highest BCUT2D eigenvalue weighted by Crippen LogP contribution is 2.43. The smallest absolute Gasteiger partial charge is 0.416 e. The molecule has 3 fully saturated rings. The summed E-state index contributed by atoms with van der Waals surface area (Å²) in [5, 5.41) is 10.1. The topological polar surface area (TPSA) is 71.5 Å². The number of hydrogen-bond donors (Lipinski definition) is 1. The Morgan fingerprint density at radius 2 is 1.57 bits per heavy atom. The number of carbonyl (C=O) groups excluding carboxylic acids is 1. The Hall–Kier alpha value is -3.44. The fraction of sp³-hybridized carbons (Fsp3) is 0.441. The predicted molar refractivity (Wildman–Crippen MR) is 157 cm³/mol. The van der Waals surface area contributed by atoms with Crippen LogP contribution in [-0.4, -0.2) is 66.0 Å². The Kier molecular flexibility index (Phi) is 8.96. The van der Waals surface area contributed by atoms with Gasteiger partial charge in [-0.05, 0) is 78.4 Å². The van der Waals surface area contributed by atoms with Gasteiger partial charge in [-0.25, -0.2) is 0 Å². The number of aliphatic hydroxyl groups is 1. The van der Waals surface area contributed by atoms with E-state index in [9.17, 15) is 23.1 Å². The van der Waals surface area contributed by atoms with Gasteiger partial charge in [0.2, 0.25) is 0 Å². The van der Waals surface area contributed by atoms with E-state index in [4.69, 9.17) is 14.2 Å². The molecule has 1 aliphatic carbocycles. The summed E-state index contributed by atoms with van der Waals surface area (Å²) >= 11 is 0. The zero-order valence-electron chi connectivity index (χ0n) is 24.5. The van der Waals surface area contributed by atoms with E-state index in [0.717, 1.165) is 43.4 Å². The minimum Gasteiger partial charge on any atom is -0.457 e. The average Bonchev–Trinajstić information content (AvgIpc) is 3.49. The van der Waals surface area contributed by atoms with Crippen molar-refractivity contribution in [2.45, 2.75) is 56.7 Å². The van der Waals surface area contributed by atoms with Crippen LogP contribution in [0.15, 0.2) is 66.7 Å². The summed E-state index contributed by atoms with van der Waals surface area (Å²) < 4.78 is 56.3. The van der Waals surface area contributed by atoms with Crippen LogP contribution in [0.25, 0.3) is 0 Å². The number of alkyl halides is 3. The van der Waals surface area contributed by atoms with Crippen LogP contribution < -0.4 is 4.74 Å². The lowest BCUT2D eigenvalue weighted by Gasteiger charge is -2.35. The van der Waals surface area contributed by atoms with Crippen molar-refractivity contribution in [2.24, 2.45) is 0 Å². The summed E-state index contributed by atoms with van der Waals surface area (Å²) in [7, 11) is 0. The molecule has 2 saturated heterocycles. The van der Waals surface area contributed by atoms with Crippen molar-refractivity contribution >= 4 is 5.91 Å². The van der Waals surface area contributed by atoms with E-state index < -0.39 is 17.5 Å². The molecule has 1 N–H and O–H groups in total. The van der Waals surface area contributed by atoms with Gasteiger partial charge in [0.1, 0.15) is 11.5 Å². The monoisotopic (exact) mass is 610 g/mol. The van der Waals surface area contributed by atoms with Gasteiger partial charge < -0.3 is 24.2 Å². The van der Waals surface area contributed by atoms with Crippen molar-refractivity contribution in [1.82, 2.24) is 9.80 Å². The molecule has 0 bridgehead atoms. The molecular formula is C34H37F3N2O5. The summed E-state index contributed by atoms with van der Waals surface area (Å²) in [5.74, 6) is 1.05. The number of rotatable bonds is 7. The molecule has 234 valence electrons. The number of halogens is 3. The maximum absolute atomic E-state index is 13.1. The molecule has 3 aromatic carbocycles. The summed E-state index contributed by atoms with van der Waals surface area (Å²) in [6, 6.07) is 18.2. The summed E-state index contributed by atoms with van der Waals surface area (Å²) in [5.41, 5.74) is 2.60. The molecule has 0 unspecified atom stereocenters. The summed E-state index contributed by atoms with van der Waals surface area (Å²) in [6.45, 7) is 4.05. The third kappa shape index (κ3) is 6.94. The van der Waals surface area contributed by atoms with Crippen LogP contribution in [0, 0.1) is 0 Å². The minimum absolute atomic E-state index is 0.0752. The maximum atomic E-state index is 13.1. The van der Waals surface area contributed by atoms with Crippen LogP contribution in [-0.2, 0) is 28.8 Å². The quantitative estimate of drug-likeness (QED) is 0.336. The first-order valence-corrected chi connectivity index (χ1v) is 15.2. The number of carbonyl (C=O) groups is 1. The number of hydrogen-bond acceptors (Lipinski definition) is 6. The van der Waals surface area contributed by atoms with Crippen molar-refractivity contribution in [2.75, 3.05) is 39.4 Å². The van der Waals surface area contributed by atoms with E-state index in [2.05, 4.69) is 11.0 Å². The van der Waals surface area contributed by atoms with Crippen LogP contribution >= 0.6 is 0 Å². The van der Waals surface area contributed by atoms with Crippen LogP contribution in [0.3, 0.4) is 0 Å².